The van der Waals surface area contributed by atoms with Crippen molar-refractivity contribution in [2.24, 2.45) is 0 Å². The third kappa shape index (κ3) is 5.75. The number of aromatic nitrogens is 6. The number of carbonyl (C=O) groups is 1. The summed E-state index contributed by atoms with van der Waals surface area (Å²) in [5.41, 5.74) is 3.20. The quantitative estimate of drug-likeness (QED) is 0.216. The lowest BCUT2D eigenvalue weighted by Crippen LogP contribution is -2.23. The molecule has 1 N–H and O–H groups in total. The molecule has 3 heterocycles. The fourth-order valence-corrected chi connectivity index (χ4v) is 5.20. The van der Waals surface area contributed by atoms with E-state index in [1.165, 1.54) is 23.0 Å². The standard InChI is InChI=1S/C34H24F3N7O/c35-34(36,37)26-12-14-28(15-13-26)44-32-30(19-39-44)29(17-31(40-32)25-11-10-23-8-4-5-9-24(23)16-25)33(45)38-18-27-21-43(42-41-27)20-22-6-2-1-3-7-22/h1-17,19,21H,18,20H2,(H,38,45). The van der Waals surface area contributed by atoms with Crippen LogP contribution in [0.15, 0.2) is 116 Å². The molecule has 7 rings (SSSR count). The number of carbonyl (C=O) groups excluding carboxylic acids is 1. The first kappa shape index (κ1) is 28.0. The molecule has 0 radical (unpaired) electrons. The zero-order valence-corrected chi connectivity index (χ0v) is 23.6. The molecule has 7 aromatic rings. The van der Waals surface area contributed by atoms with Crippen LogP contribution in [0.5, 0.6) is 0 Å². The fourth-order valence-electron chi connectivity index (χ4n) is 5.20. The zero-order chi connectivity index (χ0) is 31.0. The number of amides is 1. The van der Waals surface area contributed by atoms with Gasteiger partial charge in [0.25, 0.3) is 5.91 Å². The first-order valence-corrected chi connectivity index (χ1v) is 14.1. The molecular formula is C34H24F3N7O. The van der Waals surface area contributed by atoms with Crippen LogP contribution in [-0.2, 0) is 19.3 Å². The van der Waals surface area contributed by atoms with Crippen molar-refractivity contribution in [2.45, 2.75) is 19.3 Å². The van der Waals surface area contributed by atoms with Gasteiger partial charge in [-0.15, -0.1) is 5.10 Å². The molecule has 222 valence electrons. The Balaban J connectivity index is 1.24. The number of pyridine rings is 1. The normalized spacial score (nSPS) is 11.7. The number of rotatable bonds is 7. The second-order valence-electron chi connectivity index (χ2n) is 10.5. The van der Waals surface area contributed by atoms with Crippen LogP contribution in [0.25, 0.3) is 38.8 Å². The van der Waals surface area contributed by atoms with Crippen LogP contribution >= 0.6 is 0 Å². The molecule has 1 amide bonds. The Bertz CT molecular complexity index is 2150. The number of fused-ring (bicyclic) bond motifs is 2. The van der Waals surface area contributed by atoms with E-state index in [0.29, 0.717) is 40.2 Å². The second kappa shape index (κ2) is 11.3. The minimum atomic E-state index is -4.47. The molecule has 0 fully saturated rings. The number of alkyl halides is 3. The van der Waals surface area contributed by atoms with E-state index in [1.54, 1.807) is 16.9 Å². The fraction of sp³-hybridized carbons (Fsp3) is 0.0882. The summed E-state index contributed by atoms with van der Waals surface area (Å²) in [6, 6.07) is 30.0. The van der Waals surface area contributed by atoms with Gasteiger partial charge in [0.05, 0.1) is 53.4 Å². The van der Waals surface area contributed by atoms with Gasteiger partial charge >= 0.3 is 6.18 Å². The van der Waals surface area contributed by atoms with Gasteiger partial charge in [-0.1, -0.05) is 71.9 Å². The van der Waals surface area contributed by atoms with E-state index in [-0.39, 0.29) is 12.5 Å². The van der Waals surface area contributed by atoms with Crippen LogP contribution in [0.1, 0.15) is 27.2 Å². The highest BCUT2D eigenvalue weighted by Crippen LogP contribution is 2.31. The van der Waals surface area contributed by atoms with Crippen molar-refractivity contribution in [1.82, 2.24) is 35.1 Å². The summed E-state index contributed by atoms with van der Waals surface area (Å²) in [5.74, 6) is -0.381. The monoisotopic (exact) mass is 603 g/mol. The van der Waals surface area contributed by atoms with Gasteiger partial charge in [-0.05, 0) is 52.7 Å². The molecule has 8 nitrogen and oxygen atoms in total. The Morgan fingerprint density at radius 1 is 0.844 bits per heavy atom. The van der Waals surface area contributed by atoms with Crippen LogP contribution in [0.2, 0.25) is 0 Å². The number of nitrogens with zero attached hydrogens (tertiary/aromatic N) is 6. The smallest absolute Gasteiger partial charge is 0.346 e. The summed E-state index contributed by atoms with van der Waals surface area (Å²) in [6.45, 7) is 0.681. The maximum absolute atomic E-state index is 13.7. The van der Waals surface area contributed by atoms with Gasteiger partial charge in [0.2, 0.25) is 0 Å². The van der Waals surface area contributed by atoms with Gasteiger partial charge in [-0.3, -0.25) is 4.79 Å². The minimum absolute atomic E-state index is 0.135. The average Bonchev–Trinajstić information content (AvgIpc) is 3.70. The van der Waals surface area contributed by atoms with E-state index in [0.717, 1.165) is 34.0 Å². The summed E-state index contributed by atoms with van der Waals surface area (Å²) >= 11 is 0. The van der Waals surface area contributed by atoms with Gasteiger partial charge in [0.15, 0.2) is 5.65 Å². The summed E-state index contributed by atoms with van der Waals surface area (Å²) < 4.78 is 42.8. The SMILES string of the molecule is O=C(NCc1cn(Cc2ccccc2)nn1)c1cc(-c2ccc3ccccc3c2)nc2c1cnn2-c1ccc(C(F)(F)F)cc1. The molecule has 0 aliphatic heterocycles. The van der Waals surface area contributed by atoms with E-state index >= 15 is 0 Å². The van der Waals surface area contributed by atoms with Crippen molar-refractivity contribution < 1.29 is 18.0 Å². The van der Waals surface area contributed by atoms with Gasteiger partial charge in [-0.2, -0.15) is 18.3 Å². The van der Waals surface area contributed by atoms with E-state index in [9.17, 15) is 18.0 Å². The highest BCUT2D eigenvalue weighted by Gasteiger charge is 2.30. The largest absolute Gasteiger partial charge is 0.416 e. The number of hydrogen-bond donors (Lipinski definition) is 1. The number of hydrogen-bond acceptors (Lipinski definition) is 5. The number of halogens is 3. The molecule has 0 saturated heterocycles. The molecule has 0 saturated carbocycles. The van der Waals surface area contributed by atoms with Crippen LogP contribution in [0.4, 0.5) is 13.2 Å². The number of nitrogens with one attached hydrogen (secondary N) is 1. The minimum Gasteiger partial charge on any atom is -0.346 e. The van der Waals surface area contributed by atoms with Crippen LogP contribution in [0, 0.1) is 0 Å². The van der Waals surface area contributed by atoms with Crippen LogP contribution < -0.4 is 5.32 Å². The second-order valence-corrected chi connectivity index (χ2v) is 10.5. The lowest BCUT2D eigenvalue weighted by Gasteiger charge is -2.11. The van der Waals surface area contributed by atoms with Gasteiger partial charge in [-0.25, -0.2) is 14.3 Å². The van der Waals surface area contributed by atoms with Gasteiger partial charge in [0.1, 0.15) is 5.69 Å². The Labute approximate surface area is 254 Å². The molecule has 3 aromatic heterocycles. The Hall–Kier alpha value is -5.84. The third-order valence-corrected chi connectivity index (χ3v) is 7.47. The topological polar surface area (TPSA) is 90.5 Å². The molecule has 0 bridgehead atoms. The Kier molecular flexibility index (Phi) is 7.05. The molecule has 0 atom stereocenters. The first-order valence-electron chi connectivity index (χ1n) is 14.1. The maximum atomic E-state index is 13.7. The summed E-state index contributed by atoms with van der Waals surface area (Å²) in [5, 5.41) is 18.2. The van der Waals surface area contributed by atoms with E-state index in [2.05, 4.69) is 20.7 Å². The molecule has 0 aliphatic rings. The van der Waals surface area contributed by atoms with Crippen molar-refractivity contribution in [3.05, 3.63) is 138 Å². The molecule has 4 aromatic carbocycles. The highest BCUT2D eigenvalue weighted by molar-refractivity contribution is 6.06. The first-order chi connectivity index (χ1) is 21.8. The van der Waals surface area contributed by atoms with Crippen LogP contribution in [0.3, 0.4) is 0 Å². The summed E-state index contributed by atoms with van der Waals surface area (Å²) in [6.07, 6.45) is -1.20. The lowest BCUT2D eigenvalue weighted by molar-refractivity contribution is -0.137. The molecular weight excluding hydrogens is 579 g/mol. The van der Waals surface area contributed by atoms with Crippen molar-refractivity contribution in [1.29, 1.82) is 0 Å². The molecule has 0 aliphatic carbocycles. The zero-order valence-electron chi connectivity index (χ0n) is 23.6. The van der Waals surface area contributed by atoms with Crippen molar-refractivity contribution in [3.63, 3.8) is 0 Å². The van der Waals surface area contributed by atoms with E-state index < -0.39 is 11.7 Å². The molecule has 0 spiro atoms. The third-order valence-electron chi connectivity index (χ3n) is 7.47. The van der Waals surface area contributed by atoms with Crippen LogP contribution in [-0.4, -0.2) is 35.7 Å². The van der Waals surface area contributed by atoms with Crippen molar-refractivity contribution in [2.75, 3.05) is 0 Å². The lowest BCUT2D eigenvalue weighted by atomic mass is 10.0. The predicted molar refractivity (Wildman–Crippen MR) is 164 cm³/mol. The molecule has 45 heavy (non-hydrogen) atoms. The van der Waals surface area contributed by atoms with Gasteiger partial charge in [0, 0.05) is 5.56 Å². The van der Waals surface area contributed by atoms with E-state index in [4.69, 9.17) is 4.98 Å². The van der Waals surface area contributed by atoms with E-state index in [1.807, 2.05) is 72.8 Å². The molecule has 11 heteroatoms. The predicted octanol–water partition coefficient (Wildman–Crippen LogP) is 6.83. The van der Waals surface area contributed by atoms with Gasteiger partial charge < -0.3 is 5.32 Å². The van der Waals surface area contributed by atoms with Crippen molar-refractivity contribution in [3.8, 4) is 16.9 Å². The summed E-state index contributed by atoms with van der Waals surface area (Å²) in [4.78, 5) is 18.5. The highest BCUT2D eigenvalue weighted by atomic mass is 19.4. The average molecular weight is 604 g/mol. The summed E-state index contributed by atoms with van der Waals surface area (Å²) in [7, 11) is 0. The Morgan fingerprint density at radius 3 is 2.38 bits per heavy atom. The maximum Gasteiger partial charge on any atom is 0.416 e. The van der Waals surface area contributed by atoms with Crippen molar-refractivity contribution >= 4 is 27.7 Å². The Morgan fingerprint density at radius 2 is 1.60 bits per heavy atom. The molecule has 0 unspecified atom stereocenters. The number of benzene rings is 4.